The number of carbonyl (C=O) groups is 2. The summed E-state index contributed by atoms with van der Waals surface area (Å²) in [5.41, 5.74) is 0.887. The van der Waals surface area contributed by atoms with E-state index in [9.17, 15) is 14.0 Å². The highest BCUT2D eigenvalue weighted by Crippen LogP contribution is 2.32. The number of hydrogen-bond donors (Lipinski definition) is 0. The first kappa shape index (κ1) is 21.0. The summed E-state index contributed by atoms with van der Waals surface area (Å²) in [4.78, 5) is 31.2. The highest BCUT2D eigenvalue weighted by Gasteiger charge is 2.37. The Morgan fingerprint density at radius 3 is 2.33 bits per heavy atom. The summed E-state index contributed by atoms with van der Waals surface area (Å²) in [5.74, 6) is -0.0740. The van der Waals surface area contributed by atoms with Gasteiger partial charge in [-0.1, -0.05) is 37.5 Å². The second-order valence-corrected chi connectivity index (χ2v) is 9.52. The number of amides is 2. The lowest BCUT2D eigenvalue weighted by Crippen LogP contribution is -2.46. The molecular weight excluding hydrogens is 399 g/mol. The summed E-state index contributed by atoms with van der Waals surface area (Å²) in [5, 5.41) is 2.00. The molecule has 0 atom stereocenters. The van der Waals surface area contributed by atoms with Crippen LogP contribution >= 0.6 is 11.3 Å². The van der Waals surface area contributed by atoms with Gasteiger partial charge in [-0.05, 0) is 54.8 Å². The van der Waals surface area contributed by atoms with Crippen LogP contribution in [0.25, 0.3) is 0 Å². The SMILES string of the molecule is O=C(CN(C(=O)C1CCCCC1)C1CC1)N(Cc1ccc(F)cc1)Cc1cccs1. The Hall–Kier alpha value is -2.21. The van der Waals surface area contributed by atoms with Crippen molar-refractivity contribution >= 4 is 23.2 Å². The van der Waals surface area contributed by atoms with Gasteiger partial charge >= 0.3 is 0 Å². The fourth-order valence-electron chi connectivity index (χ4n) is 4.24. The molecule has 2 aliphatic carbocycles. The zero-order chi connectivity index (χ0) is 20.9. The lowest BCUT2D eigenvalue weighted by molar-refractivity contribution is -0.144. The second-order valence-electron chi connectivity index (χ2n) is 8.49. The van der Waals surface area contributed by atoms with Crippen molar-refractivity contribution in [1.82, 2.24) is 9.80 Å². The molecule has 2 amide bonds. The van der Waals surface area contributed by atoms with E-state index in [1.165, 1.54) is 18.6 Å². The average molecular weight is 429 g/mol. The van der Waals surface area contributed by atoms with Gasteiger partial charge in [0.1, 0.15) is 12.4 Å². The van der Waals surface area contributed by atoms with Gasteiger partial charge in [-0.3, -0.25) is 9.59 Å². The van der Waals surface area contributed by atoms with Crippen LogP contribution in [0.15, 0.2) is 41.8 Å². The zero-order valence-electron chi connectivity index (χ0n) is 17.3. The molecule has 0 aliphatic heterocycles. The normalized spacial score (nSPS) is 17.0. The summed E-state index contributed by atoms with van der Waals surface area (Å²) < 4.78 is 13.3. The van der Waals surface area contributed by atoms with E-state index in [2.05, 4.69) is 0 Å². The molecular formula is C24H29FN2O2S. The third-order valence-electron chi connectivity index (χ3n) is 6.10. The fourth-order valence-corrected chi connectivity index (χ4v) is 4.96. The van der Waals surface area contributed by atoms with Crippen LogP contribution in [0.4, 0.5) is 4.39 Å². The molecule has 0 radical (unpaired) electrons. The molecule has 2 aliphatic rings. The molecule has 2 aromatic rings. The molecule has 2 saturated carbocycles. The van der Waals surface area contributed by atoms with Crippen molar-refractivity contribution in [1.29, 1.82) is 0 Å². The zero-order valence-corrected chi connectivity index (χ0v) is 18.1. The fraction of sp³-hybridized carbons (Fsp3) is 0.500. The smallest absolute Gasteiger partial charge is 0.242 e. The number of rotatable bonds is 8. The van der Waals surface area contributed by atoms with Crippen LogP contribution in [-0.2, 0) is 22.7 Å². The van der Waals surface area contributed by atoms with Gasteiger partial charge < -0.3 is 9.80 Å². The maximum Gasteiger partial charge on any atom is 0.242 e. The predicted molar refractivity (Wildman–Crippen MR) is 116 cm³/mol. The van der Waals surface area contributed by atoms with E-state index < -0.39 is 0 Å². The molecule has 4 nitrogen and oxygen atoms in total. The monoisotopic (exact) mass is 428 g/mol. The van der Waals surface area contributed by atoms with Crippen LogP contribution in [0.2, 0.25) is 0 Å². The van der Waals surface area contributed by atoms with Gasteiger partial charge in [0, 0.05) is 23.4 Å². The summed E-state index contributed by atoms with van der Waals surface area (Å²) >= 11 is 1.61. The van der Waals surface area contributed by atoms with Crippen LogP contribution in [0.5, 0.6) is 0 Å². The van der Waals surface area contributed by atoms with E-state index in [4.69, 9.17) is 0 Å². The van der Waals surface area contributed by atoms with Gasteiger partial charge in [0.2, 0.25) is 11.8 Å². The van der Waals surface area contributed by atoms with Crippen LogP contribution < -0.4 is 0 Å². The summed E-state index contributed by atoms with van der Waals surface area (Å²) in [7, 11) is 0. The molecule has 1 heterocycles. The predicted octanol–water partition coefficient (Wildman–Crippen LogP) is 4.99. The summed E-state index contributed by atoms with van der Waals surface area (Å²) in [6, 6.07) is 10.5. The van der Waals surface area contributed by atoms with Gasteiger partial charge in [-0.2, -0.15) is 0 Å². The molecule has 1 aromatic carbocycles. The molecule has 0 bridgehead atoms. The molecule has 0 N–H and O–H groups in total. The first-order valence-electron chi connectivity index (χ1n) is 11.0. The molecule has 160 valence electrons. The van der Waals surface area contributed by atoms with Crippen molar-refractivity contribution in [3.8, 4) is 0 Å². The van der Waals surface area contributed by atoms with Gasteiger partial charge in [0.15, 0.2) is 0 Å². The molecule has 0 unspecified atom stereocenters. The van der Waals surface area contributed by atoms with E-state index in [0.717, 1.165) is 49.0 Å². The minimum absolute atomic E-state index is 0.0382. The Balaban J connectivity index is 1.47. The highest BCUT2D eigenvalue weighted by atomic mass is 32.1. The number of thiophene rings is 1. The van der Waals surface area contributed by atoms with Crippen LogP contribution in [0.3, 0.4) is 0 Å². The van der Waals surface area contributed by atoms with Crippen molar-refractivity contribution in [2.75, 3.05) is 6.54 Å². The Bertz CT molecular complexity index is 843. The molecule has 4 rings (SSSR count). The molecule has 0 saturated heterocycles. The lowest BCUT2D eigenvalue weighted by atomic mass is 9.88. The Morgan fingerprint density at radius 2 is 1.70 bits per heavy atom. The number of hydrogen-bond acceptors (Lipinski definition) is 3. The Morgan fingerprint density at radius 1 is 0.967 bits per heavy atom. The average Bonchev–Trinajstić information content (AvgIpc) is 3.48. The van der Waals surface area contributed by atoms with E-state index in [1.807, 2.05) is 22.4 Å². The van der Waals surface area contributed by atoms with E-state index in [1.54, 1.807) is 28.4 Å². The minimum Gasteiger partial charge on any atom is -0.332 e. The van der Waals surface area contributed by atoms with Crippen molar-refractivity contribution in [3.63, 3.8) is 0 Å². The van der Waals surface area contributed by atoms with Crippen molar-refractivity contribution in [3.05, 3.63) is 58.0 Å². The lowest BCUT2D eigenvalue weighted by Gasteiger charge is -2.31. The second kappa shape index (κ2) is 9.73. The largest absolute Gasteiger partial charge is 0.332 e. The van der Waals surface area contributed by atoms with Gasteiger partial charge in [-0.25, -0.2) is 4.39 Å². The quantitative estimate of drug-likeness (QED) is 0.594. The summed E-state index contributed by atoms with van der Waals surface area (Å²) in [6.07, 6.45) is 7.31. The number of benzene rings is 1. The third-order valence-corrected chi connectivity index (χ3v) is 6.96. The molecule has 30 heavy (non-hydrogen) atoms. The number of carbonyl (C=O) groups excluding carboxylic acids is 2. The van der Waals surface area contributed by atoms with Crippen molar-refractivity contribution in [2.45, 2.75) is 64.1 Å². The Kier molecular flexibility index (Phi) is 6.82. The summed E-state index contributed by atoms with van der Waals surface area (Å²) in [6.45, 7) is 1.06. The highest BCUT2D eigenvalue weighted by molar-refractivity contribution is 7.09. The van der Waals surface area contributed by atoms with Gasteiger partial charge in [-0.15, -0.1) is 11.3 Å². The molecule has 6 heteroatoms. The third kappa shape index (κ3) is 5.48. The van der Waals surface area contributed by atoms with Crippen LogP contribution in [0, 0.1) is 11.7 Å². The van der Waals surface area contributed by atoms with Crippen molar-refractivity contribution in [2.24, 2.45) is 5.92 Å². The molecule has 2 fully saturated rings. The standard InChI is InChI=1S/C24H29FN2O2S/c25-20-10-8-18(9-11-20)15-26(16-22-7-4-14-30-22)23(28)17-27(21-12-13-21)24(29)19-5-2-1-3-6-19/h4,7-11,14,19,21H,1-3,5-6,12-13,15-17H2. The van der Waals surface area contributed by atoms with Crippen LogP contribution in [0.1, 0.15) is 55.4 Å². The molecule has 0 spiro atoms. The number of halogens is 1. The number of nitrogens with zero attached hydrogens (tertiary/aromatic N) is 2. The van der Waals surface area contributed by atoms with Crippen molar-refractivity contribution < 1.29 is 14.0 Å². The Labute approximate surface area is 181 Å². The van der Waals surface area contributed by atoms with E-state index in [0.29, 0.717) is 13.1 Å². The van der Waals surface area contributed by atoms with E-state index >= 15 is 0 Å². The maximum absolute atomic E-state index is 13.3. The minimum atomic E-state index is -0.284. The molecule has 1 aromatic heterocycles. The van der Waals surface area contributed by atoms with Gasteiger partial charge in [0.05, 0.1) is 6.54 Å². The van der Waals surface area contributed by atoms with Gasteiger partial charge in [0.25, 0.3) is 0 Å². The topological polar surface area (TPSA) is 40.6 Å². The first-order chi connectivity index (χ1) is 14.6. The first-order valence-corrected chi connectivity index (χ1v) is 11.8. The van der Waals surface area contributed by atoms with Crippen LogP contribution in [-0.4, -0.2) is 34.2 Å². The maximum atomic E-state index is 13.3. The van der Waals surface area contributed by atoms with E-state index in [-0.39, 0.29) is 36.1 Å².